The van der Waals surface area contributed by atoms with Gasteiger partial charge >= 0.3 is 0 Å². The van der Waals surface area contributed by atoms with E-state index < -0.39 is 0 Å². The van der Waals surface area contributed by atoms with Gasteiger partial charge in [0.25, 0.3) is 0 Å². The number of rotatable bonds is 5. The first kappa shape index (κ1) is 15.8. The van der Waals surface area contributed by atoms with Crippen LogP contribution in [0, 0.1) is 0 Å². The third kappa shape index (κ3) is 3.64. The van der Waals surface area contributed by atoms with E-state index in [-0.39, 0.29) is 0 Å². The summed E-state index contributed by atoms with van der Waals surface area (Å²) in [6.45, 7) is 4.25. The van der Waals surface area contributed by atoms with Gasteiger partial charge in [-0.3, -0.25) is 0 Å². The van der Waals surface area contributed by atoms with Crippen LogP contribution in [0.5, 0.6) is 5.75 Å². The van der Waals surface area contributed by atoms with Gasteiger partial charge in [-0.25, -0.2) is 0 Å². The van der Waals surface area contributed by atoms with Crippen molar-refractivity contribution in [1.29, 1.82) is 0 Å². The molecule has 0 heterocycles. The molecule has 0 aromatic heterocycles. The van der Waals surface area contributed by atoms with Crippen molar-refractivity contribution in [3.8, 4) is 5.75 Å². The molecule has 3 rings (SSSR count). The Balaban J connectivity index is 2.01. The SMILES string of the molecule is C=C(C=C(c1ccccc1)c1ccccc1)c1ccc(OC)cc1. The van der Waals surface area contributed by atoms with Crippen molar-refractivity contribution < 1.29 is 4.74 Å². The summed E-state index contributed by atoms with van der Waals surface area (Å²) in [5.74, 6) is 0.849. The minimum atomic E-state index is 0.849. The Bertz CT molecular complexity index is 787. The Morgan fingerprint density at radius 1 is 0.708 bits per heavy atom. The number of allylic oxidation sites excluding steroid dienone is 2. The molecule has 0 amide bonds. The first-order chi connectivity index (χ1) is 11.8. The van der Waals surface area contributed by atoms with Crippen LogP contribution in [0.15, 0.2) is 97.6 Å². The summed E-state index contributed by atoms with van der Waals surface area (Å²) in [6.07, 6.45) is 2.15. The maximum atomic E-state index is 5.22. The van der Waals surface area contributed by atoms with Crippen molar-refractivity contribution in [1.82, 2.24) is 0 Å². The van der Waals surface area contributed by atoms with Gasteiger partial charge in [-0.05, 0) is 46.0 Å². The molecule has 118 valence electrons. The van der Waals surface area contributed by atoms with Crippen LogP contribution in [0.3, 0.4) is 0 Å². The van der Waals surface area contributed by atoms with Crippen LogP contribution in [-0.2, 0) is 0 Å². The minimum absolute atomic E-state index is 0.849. The van der Waals surface area contributed by atoms with Crippen molar-refractivity contribution in [2.75, 3.05) is 7.11 Å². The lowest BCUT2D eigenvalue weighted by molar-refractivity contribution is 0.415. The lowest BCUT2D eigenvalue weighted by Crippen LogP contribution is -1.89. The fourth-order valence-corrected chi connectivity index (χ4v) is 2.63. The van der Waals surface area contributed by atoms with Gasteiger partial charge in [-0.15, -0.1) is 0 Å². The molecule has 0 bridgehead atoms. The molecule has 1 heteroatoms. The van der Waals surface area contributed by atoms with E-state index in [1.807, 2.05) is 36.4 Å². The number of ether oxygens (including phenoxy) is 1. The highest BCUT2D eigenvalue weighted by molar-refractivity contribution is 5.89. The average Bonchev–Trinajstić information content (AvgIpc) is 2.67. The Labute approximate surface area is 143 Å². The number of hydrogen-bond donors (Lipinski definition) is 0. The van der Waals surface area contributed by atoms with E-state index in [9.17, 15) is 0 Å². The maximum Gasteiger partial charge on any atom is 0.118 e. The summed E-state index contributed by atoms with van der Waals surface area (Å²) < 4.78 is 5.22. The molecule has 0 radical (unpaired) electrons. The van der Waals surface area contributed by atoms with Crippen molar-refractivity contribution in [2.45, 2.75) is 0 Å². The highest BCUT2D eigenvalue weighted by Crippen LogP contribution is 2.28. The Morgan fingerprint density at radius 2 is 1.21 bits per heavy atom. The second-order valence-corrected chi connectivity index (χ2v) is 5.54. The van der Waals surface area contributed by atoms with Crippen LogP contribution < -0.4 is 4.74 Å². The van der Waals surface area contributed by atoms with Gasteiger partial charge < -0.3 is 4.74 Å². The molecule has 0 atom stereocenters. The molecule has 0 aliphatic carbocycles. The quantitative estimate of drug-likeness (QED) is 0.538. The number of benzene rings is 3. The first-order valence-corrected chi connectivity index (χ1v) is 7.94. The fraction of sp³-hybridized carbons (Fsp3) is 0.0435. The zero-order valence-corrected chi connectivity index (χ0v) is 13.8. The summed E-state index contributed by atoms with van der Waals surface area (Å²) in [6, 6.07) is 28.8. The van der Waals surface area contributed by atoms with Crippen LogP contribution >= 0.6 is 0 Å². The smallest absolute Gasteiger partial charge is 0.118 e. The molecular weight excluding hydrogens is 292 g/mol. The van der Waals surface area contributed by atoms with Crippen LogP contribution in [0.2, 0.25) is 0 Å². The second kappa shape index (κ2) is 7.47. The predicted octanol–water partition coefficient (Wildman–Crippen LogP) is 5.84. The van der Waals surface area contributed by atoms with E-state index in [0.717, 1.165) is 22.5 Å². The standard InChI is InChI=1S/C23H20O/c1-18(19-13-15-22(24-2)16-14-19)17-23(20-9-5-3-6-10-20)21-11-7-4-8-12-21/h3-17H,1H2,2H3. The first-order valence-electron chi connectivity index (χ1n) is 7.94. The molecule has 24 heavy (non-hydrogen) atoms. The van der Waals surface area contributed by atoms with Crippen molar-refractivity contribution in [3.63, 3.8) is 0 Å². The topological polar surface area (TPSA) is 9.23 Å². The lowest BCUT2D eigenvalue weighted by Gasteiger charge is -2.10. The number of methoxy groups -OCH3 is 1. The molecule has 0 aliphatic rings. The van der Waals surface area contributed by atoms with E-state index in [1.165, 1.54) is 11.1 Å². The molecule has 3 aromatic rings. The monoisotopic (exact) mass is 312 g/mol. The Kier molecular flexibility index (Phi) is 4.93. The third-order valence-electron chi connectivity index (χ3n) is 3.95. The predicted molar refractivity (Wildman–Crippen MR) is 102 cm³/mol. The van der Waals surface area contributed by atoms with Gasteiger partial charge in [-0.1, -0.05) is 79.4 Å². The highest BCUT2D eigenvalue weighted by atomic mass is 16.5. The van der Waals surface area contributed by atoms with E-state index in [2.05, 4.69) is 61.2 Å². The Hall–Kier alpha value is -3.06. The molecule has 0 saturated heterocycles. The maximum absolute atomic E-state index is 5.22. The van der Waals surface area contributed by atoms with Crippen LogP contribution in [0.4, 0.5) is 0 Å². The van der Waals surface area contributed by atoms with Gasteiger partial charge in [0.1, 0.15) is 5.75 Å². The van der Waals surface area contributed by atoms with E-state index >= 15 is 0 Å². The van der Waals surface area contributed by atoms with Crippen molar-refractivity contribution in [3.05, 3.63) is 114 Å². The Morgan fingerprint density at radius 3 is 1.67 bits per heavy atom. The van der Waals surface area contributed by atoms with Gasteiger partial charge in [0.2, 0.25) is 0 Å². The van der Waals surface area contributed by atoms with E-state index in [1.54, 1.807) is 7.11 Å². The van der Waals surface area contributed by atoms with Crippen molar-refractivity contribution >= 4 is 11.1 Å². The van der Waals surface area contributed by atoms with Crippen LogP contribution in [0.1, 0.15) is 16.7 Å². The molecule has 3 aromatic carbocycles. The van der Waals surface area contributed by atoms with Crippen LogP contribution in [-0.4, -0.2) is 7.11 Å². The fourth-order valence-electron chi connectivity index (χ4n) is 2.63. The summed E-state index contributed by atoms with van der Waals surface area (Å²) in [5, 5.41) is 0. The highest BCUT2D eigenvalue weighted by Gasteiger charge is 2.06. The van der Waals surface area contributed by atoms with Gasteiger partial charge in [0, 0.05) is 0 Å². The molecule has 1 nitrogen and oxygen atoms in total. The molecule has 0 fully saturated rings. The van der Waals surface area contributed by atoms with E-state index in [0.29, 0.717) is 0 Å². The second-order valence-electron chi connectivity index (χ2n) is 5.54. The zero-order valence-electron chi connectivity index (χ0n) is 13.8. The summed E-state index contributed by atoms with van der Waals surface area (Å²) in [7, 11) is 1.67. The summed E-state index contributed by atoms with van der Waals surface area (Å²) in [4.78, 5) is 0. The minimum Gasteiger partial charge on any atom is -0.497 e. The van der Waals surface area contributed by atoms with E-state index in [4.69, 9.17) is 4.74 Å². The number of hydrogen-bond acceptors (Lipinski definition) is 1. The average molecular weight is 312 g/mol. The molecule has 0 spiro atoms. The third-order valence-corrected chi connectivity index (χ3v) is 3.95. The van der Waals surface area contributed by atoms with Crippen molar-refractivity contribution in [2.24, 2.45) is 0 Å². The normalized spacial score (nSPS) is 10.0. The van der Waals surface area contributed by atoms with Crippen LogP contribution in [0.25, 0.3) is 11.1 Å². The summed E-state index contributed by atoms with van der Waals surface area (Å²) >= 11 is 0. The van der Waals surface area contributed by atoms with Gasteiger partial charge in [-0.2, -0.15) is 0 Å². The molecule has 0 unspecified atom stereocenters. The molecular formula is C23H20O. The largest absolute Gasteiger partial charge is 0.497 e. The van der Waals surface area contributed by atoms with Gasteiger partial charge in [0.15, 0.2) is 0 Å². The molecule has 0 saturated carbocycles. The molecule has 0 N–H and O–H groups in total. The summed E-state index contributed by atoms with van der Waals surface area (Å²) in [5.41, 5.74) is 5.58. The lowest BCUT2D eigenvalue weighted by atomic mass is 9.94. The van der Waals surface area contributed by atoms with Gasteiger partial charge in [0.05, 0.1) is 7.11 Å². The molecule has 0 aliphatic heterocycles. The zero-order chi connectivity index (χ0) is 16.8.